The molecule has 2 heterocycles. The fraction of sp³-hybridized carbons (Fsp3) is 0.174. The van der Waals surface area contributed by atoms with Crippen molar-refractivity contribution in [2.45, 2.75) is 20.0 Å². The molecular weight excluding hydrogens is 410 g/mol. The lowest BCUT2D eigenvalue weighted by atomic mass is 10.2. The van der Waals surface area contributed by atoms with Crippen LogP contribution in [-0.2, 0) is 0 Å². The van der Waals surface area contributed by atoms with Gasteiger partial charge in [-0.1, -0.05) is 0 Å². The van der Waals surface area contributed by atoms with Crippen LogP contribution in [0.3, 0.4) is 0 Å². The van der Waals surface area contributed by atoms with Crippen LogP contribution in [0, 0.1) is 0 Å². The first-order valence-corrected chi connectivity index (χ1v) is 10.0. The average Bonchev–Trinajstić information content (AvgIpc) is 3.44. The molecule has 32 heavy (non-hydrogen) atoms. The number of carbonyl (C=O) groups is 1. The van der Waals surface area contributed by atoms with E-state index in [-0.39, 0.29) is 18.1 Å². The predicted octanol–water partition coefficient (Wildman–Crippen LogP) is 4.97. The number of nitrogens with zero attached hydrogens (tertiary/aromatic N) is 3. The monoisotopic (exact) mass is 433 g/mol. The van der Waals surface area contributed by atoms with Crippen molar-refractivity contribution >= 4 is 17.4 Å². The molecule has 4 aromatic rings. The van der Waals surface area contributed by atoms with Crippen molar-refractivity contribution in [3.8, 4) is 29.0 Å². The summed E-state index contributed by atoms with van der Waals surface area (Å²) in [5.41, 5.74) is 2.02. The quantitative estimate of drug-likeness (QED) is 0.427. The second-order valence-corrected chi connectivity index (χ2v) is 7.13. The van der Waals surface area contributed by atoms with Crippen molar-refractivity contribution in [2.75, 3.05) is 17.7 Å². The number of furan rings is 1. The molecule has 0 aliphatic carbocycles. The molecule has 0 unspecified atom stereocenters. The van der Waals surface area contributed by atoms with Gasteiger partial charge in [0.2, 0.25) is 5.82 Å². The third-order valence-electron chi connectivity index (χ3n) is 4.39. The molecule has 164 valence electrons. The van der Waals surface area contributed by atoms with Crippen LogP contribution in [0.1, 0.15) is 13.8 Å². The number of anilines is 2. The molecular formula is C23H23N5O4. The van der Waals surface area contributed by atoms with Gasteiger partial charge in [-0.3, -0.25) is 0 Å². The third-order valence-corrected chi connectivity index (χ3v) is 4.39. The van der Waals surface area contributed by atoms with E-state index in [0.29, 0.717) is 23.0 Å². The van der Waals surface area contributed by atoms with Gasteiger partial charge in [-0.25, -0.2) is 9.48 Å². The van der Waals surface area contributed by atoms with Gasteiger partial charge in [-0.15, -0.1) is 5.10 Å². The van der Waals surface area contributed by atoms with E-state index in [9.17, 15) is 4.79 Å². The standard InChI is InChI=1S/C23H23N5O4/c1-15(2)32-23-26-21(20-5-4-14-31-20)28(27-23)18-10-6-16(7-11-18)24-22(29)25-17-8-12-19(30-3)13-9-17/h4-15H,1-3H3,(H2,24,25,29). The summed E-state index contributed by atoms with van der Waals surface area (Å²) in [6.45, 7) is 3.81. The first-order valence-electron chi connectivity index (χ1n) is 10.0. The van der Waals surface area contributed by atoms with Crippen molar-refractivity contribution < 1.29 is 18.7 Å². The molecule has 0 saturated carbocycles. The third kappa shape index (κ3) is 4.89. The first-order chi connectivity index (χ1) is 15.5. The summed E-state index contributed by atoms with van der Waals surface area (Å²) in [6, 6.07) is 17.8. The number of hydrogen-bond acceptors (Lipinski definition) is 6. The van der Waals surface area contributed by atoms with Crippen LogP contribution in [0.2, 0.25) is 0 Å². The number of ether oxygens (including phenoxy) is 2. The molecule has 0 spiro atoms. The Kier molecular flexibility index (Phi) is 6.07. The number of carbonyl (C=O) groups excluding carboxylic acids is 1. The van der Waals surface area contributed by atoms with Gasteiger partial charge in [-0.05, 0) is 74.5 Å². The number of aromatic nitrogens is 3. The Hall–Kier alpha value is -4.27. The van der Waals surface area contributed by atoms with E-state index in [4.69, 9.17) is 13.9 Å². The van der Waals surface area contributed by atoms with E-state index < -0.39 is 0 Å². The SMILES string of the molecule is COc1ccc(NC(=O)Nc2ccc(-n3nc(OC(C)C)nc3-c3ccco3)cc2)cc1. The maximum atomic E-state index is 12.3. The maximum absolute atomic E-state index is 12.3. The van der Waals surface area contributed by atoms with Crippen molar-refractivity contribution in [3.63, 3.8) is 0 Å². The van der Waals surface area contributed by atoms with Crippen LogP contribution in [0.5, 0.6) is 11.8 Å². The average molecular weight is 433 g/mol. The summed E-state index contributed by atoms with van der Waals surface area (Å²) in [5.74, 6) is 1.80. The summed E-state index contributed by atoms with van der Waals surface area (Å²) in [7, 11) is 1.59. The van der Waals surface area contributed by atoms with Gasteiger partial charge in [0.1, 0.15) is 5.75 Å². The highest BCUT2D eigenvalue weighted by atomic mass is 16.5. The minimum Gasteiger partial charge on any atom is -0.497 e. The van der Waals surface area contributed by atoms with Gasteiger partial charge >= 0.3 is 12.0 Å². The number of urea groups is 1. The summed E-state index contributed by atoms with van der Waals surface area (Å²) < 4.78 is 17.9. The van der Waals surface area contributed by atoms with Gasteiger partial charge in [0.25, 0.3) is 0 Å². The lowest BCUT2D eigenvalue weighted by Gasteiger charge is -2.09. The molecule has 0 aliphatic heterocycles. The van der Waals surface area contributed by atoms with E-state index in [0.717, 1.165) is 11.4 Å². The van der Waals surface area contributed by atoms with Gasteiger partial charge in [0, 0.05) is 11.4 Å². The van der Waals surface area contributed by atoms with Crippen LogP contribution in [0.25, 0.3) is 17.3 Å². The smallest absolute Gasteiger partial charge is 0.336 e. The van der Waals surface area contributed by atoms with Crippen molar-refractivity contribution in [2.24, 2.45) is 0 Å². The highest BCUT2D eigenvalue weighted by Crippen LogP contribution is 2.25. The molecule has 2 aromatic heterocycles. The van der Waals surface area contributed by atoms with Gasteiger partial charge in [0.05, 0.1) is 25.2 Å². The normalized spacial score (nSPS) is 10.8. The molecule has 9 nitrogen and oxygen atoms in total. The fourth-order valence-electron chi connectivity index (χ4n) is 2.95. The number of nitrogens with one attached hydrogen (secondary N) is 2. The van der Waals surface area contributed by atoms with Gasteiger partial charge in [0.15, 0.2) is 5.76 Å². The van der Waals surface area contributed by atoms with Gasteiger partial charge in [-0.2, -0.15) is 4.98 Å². The number of methoxy groups -OCH3 is 1. The minimum absolute atomic E-state index is 0.0638. The maximum Gasteiger partial charge on any atom is 0.336 e. The molecule has 2 aromatic carbocycles. The Labute approximate surface area is 185 Å². The van der Waals surface area contributed by atoms with E-state index >= 15 is 0 Å². The van der Waals surface area contributed by atoms with Crippen molar-refractivity contribution in [1.82, 2.24) is 14.8 Å². The topological polar surface area (TPSA) is 103 Å². The largest absolute Gasteiger partial charge is 0.497 e. The zero-order chi connectivity index (χ0) is 22.5. The number of hydrogen-bond donors (Lipinski definition) is 2. The van der Waals surface area contributed by atoms with E-state index in [1.807, 2.05) is 26.0 Å². The highest BCUT2D eigenvalue weighted by molar-refractivity contribution is 5.99. The van der Waals surface area contributed by atoms with Crippen molar-refractivity contribution in [3.05, 3.63) is 66.9 Å². The lowest BCUT2D eigenvalue weighted by Crippen LogP contribution is -2.19. The second kappa shape index (κ2) is 9.25. The van der Waals surface area contributed by atoms with Crippen LogP contribution in [0.4, 0.5) is 16.2 Å². The number of rotatable bonds is 7. The first kappa shape index (κ1) is 21.0. The molecule has 9 heteroatoms. The zero-order valence-electron chi connectivity index (χ0n) is 17.9. The summed E-state index contributed by atoms with van der Waals surface area (Å²) in [6.07, 6.45) is 1.51. The van der Waals surface area contributed by atoms with E-state index in [1.54, 1.807) is 66.6 Å². The van der Waals surface area contributed by atoms with Gasteiger partial charge < -0.3 is 24.5 Å². The fourth-order valence-corrected chi connectivity index (χ4v) is 2.95. The Morgan fingerprint density at radius 1 is 1.00 bits per heavy atom. The lowest BCUT2D eigenvalue weighted by molar-refractivity contribution is 0.222. The van der Waals surface area contributed by atoms with Crippen LogP contribution in [0.15, 0.2) is 71.3 Å². The molecule has 2 amide bonds. The zero-order valence-corrected chi connectivity index (χ0v) is 17.9. The molecule has 0 radical (unpaired) electrons. The number of benzene rings is 2. The molecule has 0 saturated heterocycles. The summed E-state index contributed by atoms with van der Waals surface area (Å²) in [5, 5.41) is 10.0. The van der Waals surface area contributed by atoms with Crippen LogP contribution >= 0.6 is 0 Å². The molecule has 0 aliphatic rings. The highest BCUT2D eigenvalue weighted by Gasteiger charge is 2.17. The molecule has 2 N–H and O–H groups in total. The predicted molar refractivity (Wildman–Crippen MR) is 120 cm³/mol. The molecule has 4 rings (SSSR count). The van der Waals surface area contributed by atoms with E-state index in [2.05, 4.69) is 20.7 Å². The van der Waals surface area contributed by atoms with E-state index in [1.165, 1.54) is 0 Å². The molecule has 0 fully saturated rings. The Morgan fingerprint density at radius 2 is 1.66 bits per heavy atom. The Morgan fingerprint density at radius 3 is 2.22 bits per heavy atom. The summed E-state index contributed by atoms with van der Waals surface area (Å²) in [4.78, 5) is 16.7. The van der Waals surface area contributed by atoms with Crippen LogP contribution < -0.4 is 20.1 Å². The van der Waals surface area contributed by atoms with Crippen LogP contribution in [-0.4, -0.2) is 34.0 Å². The van der Waals surface area contributed by atoms with Crippen molar-refractivity contribution in [1.29, 1.82) is 0 Å². The molecule has 0 atom stereocenters. The Bertz CT molecular complexity index is 1170. The second-order valence-electron chi connectivity index (χ2n) is 7.13. The summed E-state index contributed by atoms with van der Waals surface area (Å²) >= 11 is 0. The molecule has 0 bridgehead atoms. The minimum atomic E-state index is -0.354. The number of amides is 2. The Balaban J connectivity index is 1.49.